The molecule has 0 radical (unpaired) electrons. The van der Waals surface area contributed by atoms with Crippen LogP contribution >= 0.6 is 15.9 Å². The van der Waals surface area contributed by atoms with Gasteiger partial charge in [-0.15, -0.1) is 0 Å². The van der Waals surface area contributed by atoms with Gasteiger partial charge in [0.2, 0.25) is 0 Å². The van der Waals surface area contributed by atoms with Crippen LogP contribution in [0.15, 0.2) is 45.7 Å². The van der Waals surface area contributed by atoms with Gasteiger partial charge in [0.15, 0.2) is 6.54 Å². The number of H-pyrrole nitrogens is 2. The van der Waals surface area contributed by atoms with Gasteiger partial charge in [0.25, 0.3) is 5.91 Å². The molecule has 2 aromatic carbocycles. The largest absolute Gasteiger partial charge is 0.326 e. The van der Waals surface area contributed by atoms with Crippen LogP contribution in [-0.4, -0.2) is 29.5 Å². The Hall–Kier alpha value is -2.45. The number of halogens is 2. The summed E-state index contributed by atoms with van der Waals surface area (Å²) in [4.78, 5) is 29.8. The van der Waals surface area contributed by atoms with Gasteiger partial charge in [-0.25, -0.2) is 9.18 Å². The Morgan fingerprint density at radius 1 is 1.24 bits per heavy atom. The van der Waals surface area contributed by atoms with Crippen LogP contribution in [0, 0.1) is 5.82 Å². The van der Waals surface area contributed by atoms with E-state index in [0.29, 0.717) is 27.7 Å². The third-order valence-corrected chi connectivity index (χ3v) is 4.39. The molecule has 1 amide bonds. The summed E-state index contributed by atoms with van der Waals surface area (Å²) in [5.74, 6) is -0.459. The number of carbonyl (C=O) groups excluding carboxylic acids is 1. The molecule has 0 aliphatic carbocycles. The van der Waals surface area contributed by atoms with Gasteiger partial charge >= 0.3 is 5.69 Å². The van der Waals surface area contributed by atoms with Gasteiger partial charge < -0.3 is 20.2 Å². The van der Waals surface area contributed by atoms with E-state index < -0.39 is 0 Å². The van der Waals surface area contributed by atoms with Crippen molar-refractivity contribution in [2.75, 3.05) is 18.9 Å². The highest BCUT2D eigenvalue weighted by Gasteiger charge is 2.13. The third-order valence-electron chi connectivity index (χ3n) is 3.73. The maximum Gasteiger partial charge on any atom is 0.323 e. The number of hydrogen-bond donors (Lipinski definition) is 4. The Labute approximate surface area is 151 Å². The number of fused-ring (bicyclic) bond motifs is 1. The predicted octanol–water partition coefficient (Wildman–Crippen LogP) is 1.41. The molecule has 0 bridgehead atoms. The van der Waals surface area contributed by atoms with Crippen LogP contribution in [0.3, 0.4) is 0 Å². The molecule has 0 saturated carbocycles. The van der Waals surface area contributed by atoms with Gasteiger partial charge in [-0.2, -0.15) is 0 Å². The zero-order valence-corrected chi connectivity index (χ0v) is 15.0. The Morgan fingerprint density at radius 3 is 2.68 bits per heavy atom. The number of anilines is 1. The van der Waals surface area contributed by atoms with Crippen LogP contribution in [0.2, 0.25) is 0 Å². The monoisotopic (exact) mass is 407 g/mol. The molecule has 1 aromatic heterocycles. The predicted molar refractivity (Wildman–Crippen MR) is 97.1 cm³/mol. The lowest BCUT2D eigenvalue weighted by Gasteiger charge is -2.14. The van der Waals surface area contributed by atoms with Gasteiger partial charge in [-0.05, 0) is 40.2 Å². The van der Waals surface area contributed by atoms with Crippen molar-refractivity contribution in [1.82, 2.24) is 9.97 Å². The number of aromatic amines is 2. The van der Waals surface area contributed by atoms with Gasteiger partial charge in [0.05, 0.1) is 23.8 Å². The maximum atomic E-state index is 13.2. The fraction of sp³-hybridized carbons (Fsp3) is 0.176. The Kier molecular flexibility index (Phi) is 5.00. The quantitative estimate of drug-likeness (QED) is 0.515. The summed E-state index contributed by atoms with van der Waals surface area (Å²) >= 11 is 3.38. The number of quaternary nitrogens is 1. The van der Waals surface area contributed by atoms with Crippen LogP contribution in [0.5, 0.6) is 0 Å². The summed E-state index contributed by atoms with van der Waals surface area (Å²) in [6.07, 6.45) is 0. The molecule has 0 saturated heterocycles. The van der Waals surface area contributed by atoms with Gasteiger partial charge in [0, 0.05) is 10.0 Å². The fourth-order valence-corrected chi connectivity index (χ4v) is 3.12. The lowest BCUT2D eigenvalue weighted by molar-refractivity contribution is -0.885. The maximum absolute atomic E-state index is 13.2. The molecule has 3 rings (SSSR count). The second-order valence-electron chi connectivity index (χ2n) is 5.95. The first-order valence-corrected chi connectivity index (χ1v) is 8.47. The SMILES string of the molecule is C[NH+](CC(=O)Nc1cc2[nH]c(=O)[nH]c2cc1Br)Cc1cccc(F)c1. The molecule has 0 spiro atoms. The average Bonchev–Trinajstić information content (AvgIpc) is 2.86. The summed E-state index contributed by atoms with van der Waals surface area (Å²) in [5, 5.41) is 2.82. The molecule has 130 valence electrons. The number of nitrogens with one attached hydrogen (secondary N) is 4. The molecule has 1 heterocycles. The molecule has 1 unspecified atom stereocenters. The van der Waals surface area contributed by atoms with Crippen molar-refractivity contribution in [3.05, 3.63) is 62.7 Å². The van der Waals surface area contributed by atoms with E-state index in [-0.39, 0.29) is 24.0 Å². The number of likely N-dealkylation sites (N-methyl/N-ethyl adjacent to an activating group) is 1. The van der Waals surface area contributed by atoms with Crippen LogP contribution in [0.4, 0.5) is 10.1 Å². The number of hydrogen-bond acceptors (Lipinski definition) is 2. The molecule has 0 fully saturated rings. The Balaban J connectivity index is 1.65. The van der Waals surface area contributed by atoms with Gasteiger partial charge in [0.1, 0.15) is 12.4 Å². The average molecular weight is 408 g/mol. The highest BCUT2D eigenvalue weighted by molar-refractivity contribution is 9.10. The van der Waals surface area contributed by atoms with Crippen molar-refractivity contribution >= 4 is 38.6 Å². The lowest BCUT2D eigenvalue weighted by atomic mass is 10.2. The first-order valence-electron chi connectivity index (χ1n) is 7.68. The number of carbonyl (C=O) groups is 1. The molecule has 25 heavy (non-hydrogen) atoms. The highest BCUT2D eigenvalue weighted by Crippen LogP contribution is 2.26. The fourth-order valence-electron chi connectivity index (χ4n) is 2.68. The highest BCUT2D eigenvalue weighted by atomic mass is 79.9. The Bertz CT molecular complexity index is 982. The molecule has 4 N–H and O–H groups in total. The minimum Gasteiger partial charge on any atom is -0.326 e. The molecule has 8 heteroatoms. The van der Waals surface area contributed by atoms with E-state index >= 15 is 0 Å². The first-order chi connectivity index (χ1) is 11.9. The number of imidazole rings is 1. The summed E-state index contributed by atoms with van der Waals surface area (Å²) in [6, 6.07) is 9.77. The van der Waals surface area contributed by atoms with Gasteiger partial charge in [-0.1, -0.05) is 12.1 Å². The van der Waals surface area contributed by atoms with E-state index in [4.69, 9.17) is 0 Å². The number of aromatic nitrogens is 2. The van der Waals surface area contributed by atoms with E-state index in [9.17, 15) is 14.0 Å². The number of benzene rings is 2. The van der Waals surface area contributed by atoms with E-state index in [1.165, 1.54) is 12.1 Å². The first kappa shape index (κ1) is 17.4. The summed E-state index contributed by atoms with van der Waals surface area (Å²) in [6.45, 7) is 0.765. The van der Waals surface area contributed by atoms with Crippen molar-refractivity contribution in [2.45, 2.75) is 6.54 Å². The molecular weight excluding hydrogens is 391 g/mol. The van der Waals surface area contributed by atoms with E-state index in [1.807, 2.05) is 13.1 Å². The topological polar surface area (TPSA) is 82.2 Å². The number of rotatable bonds is 5. The van der Waals surface area contributed by atoms with Crippen LogP contribution in [0.25, 0.3) is 11.0 Å². The second kappa shape index (κ2) is 7.20. The zero-order valence-electron chi connectivity index (χ0n) is 13.5. The molecule has 1 atom stereocenters. The standard InChI is InChI=1S/C17H16BrFN4O2/c1-23(8-10-3-2-4-11(19)5-10)9-16(24)20-13-7-15-14(6-12(13)18)21-17(25)22-15/h2-7H,8-9H2,1H3,(H,20,24)(H2,21,22,25)/p+1. The zero-order chi connectivity index (χ0) is 18.0. The summed E-state index contributed by atoms with van der Waals surface area (Å²) in [7, 11) is 1.87. The second-order valence-corrected chi connectivity index (χ2v) is 6.80. The van der Waals surface area contributed by atoms with E-state index in [1.54, 1.807) is 18.2 Å². The minimum absolute atomic E-state index is 0.174. The Morgan fingerprint density at radius 2 is 1.96 bits per heavy atom. The smallest absolute Gasteiger partial charge is 0.323 e. The van der Waals surface area contributed by atoms with Gasteiger partial charge in [-0.3, -0.25) is 4.79 Å². The van der Waals surface area contributed by atoms with Crippen LogP contribution in [-0.2, 0) is 11.3 Å². The third kappa shape index (κ3) is 4.34. The molecular formula is C17H17BrFN4O2+. The van der Waals surface area contributed by atoms with Crippen molar-refractivity contribution in [1.29, 1.82) is 0 Å². The van der Waals surface area contributed by atoms with E-state index in [0.717, 1.165) is 10.5 Å². The normalized spacial score (nSPS) is 12.3. The summed E-state index contributed by atoms with van der Waals surface area (Å²) in [5.41, 5.74) is 2.38. The number of amides is 1. The van der Waals surface area contributed by atoms with Crippen molar-refractivity contribution in [3.63, 3.8) is 0 Å². The summed E-state index contributed by atoms with van der Waals surface area (Å²) < 4.78 is 13.9. The van der Waals surface area contributed by atoms with Crippen molar-refractivity contribution in [3.8, 4) is 0 Å². The molecule has 3 aromatic rings. The lowest BCUT2D eigenvalue weighted by Crippen LogP contribution is -3.08. The van der Waals surface area contributed by atoms with Crippen molar-refractivity contribution in [2.24, 2.45) is 0 Å². The van der Waals surface area contributed by atoms with Crippen molar-refractivity contribution < 1.29 is 14.1 Å². The van der Waals surface area contributed by atoms with Crippen LogP contribution in [0.1, 0.15) is 5.56 Å². The molecule has 0 aliphatic rings. The molecule has 6 nitrogen and oxygen atoms in total. The van der Waals surface area contributed by atoms with Crippen LogP contribution < -0.4 is 15.9 Å². The van der Waals surface area contributed by atoms with E-state index in [2.05, 4.69) is 31.2 Å². The molecule has 0 aliphatic heterocycles. The minimum atomic E-state index is -0.301.